The molecule has 1 aromatic rings. The Labute approximate surface area is 154 Å². The van der Waals surface area contributed by atoms with Crippen molar-refractivity contribution >= 4 is 12.1 Å². The lowest BCUT2D eigenvalue weighted by Crippen LogP contribution is -2.50. The second kappa shape index (κ2) is 7.50. The average molecular weight is 361 g/mol. The number of nitrogens with zero attached hydrogens (tertiary/aromatic N) is 1. The van der Waals surface area contributed by atoms with E-state index in [1.807, 2.05) is 51.1 Å². The minimum absolute atomic E-state index is 0.377. The first-order valence-corrected chi connectivity index (χ1v) is 8.65. The molecule has 0 aliphatic carbocycles. The molecule has 1 aliphatic rings. The summed E-state index contributed by atoms with van der Waals surface area (Å²) in [6.07, 6.45) is 2.04. The molecule has 2 rings (SSSR count). The number of carboxylic acids is 1. The maximum atomic E-state index is 12.8. The molecule has 142 valence electrons. The van der Waals surface area contributed by atoms with Crippen molar-refractivity contribution in [3.8, 4) is 0 Å². The Hall–Kier alpha value is -2.34. The summed E-state index contributed by atoms with van der Waals surface area (Å²) in [5.41, 5.74) is -0.532. The molecule has 0 aromatic heterocycles. The van der Waals surface area contributed by atoms with E-state index in [1.54, 1.807) is 18.7 Å². The van der Waals surface area contributed by atoms with Crippen molar-refractivity contribution in [1.29, 1.82) is 0 Å². The van der Waals surface area contributed by atoms with Gasteiger partial charge in [0.2, 0.25) is 0 Å². The van der Waals surface area contributed by atoms with E-state index in [4.69, 9.17) is 14.6 Å². The number of aliphatic carboxylic acids is 1. The first kappa shape index (κ1) is 20.0. The van der Waals surface area contributed by atoms with Gasteiger partial charge in [0.1, 0.15) is 11.3 Å². The van der Waals surface area contributed by atoms with Crippen LogP contribution in [-0.2, 0) is 20.7 Å². The fraction of sp³-hybridized carbons (Fsp3) is 0.500. The summed E-state index contributed by atoms with van der Waals surface area (Å²) < 4.78 is 11.6. The van der Waals surface area contributed by atoms with Crippen molar-refractivity contribution in [2.75, 3.05) is 0 Å². The largest absolute Gasteiger partial charge is 0.478 e. The number of amides is 1. The van der Waals surface area contributed by atoms with E-state index < -0.39 is 29.5 Å². The van der Waals surface area contributed by atoms with Crippen molar-refractivity contribution in [3.63, 3.8) is 0 Å². The lowest BCUT2D eigenvalue weighted by molar-refractivity contribution is -0.131. The number of carboxylic acid groups (broad SMARTS) is 1. The Morgan fingerprint density at radius 1 is 1.27 bits per heavy atom. The standard InChI is InChI=1S/C20H27NO5/c1-19(2,3)26-18(24)21-15(13-14-9-7-6-8-10-14)16(11-12-17(22)23)25-20(21,4)5/h6-12,15-16H,13H2,1-5H3,(H,22,23)/b12-11+. The van der Waals surface area contributed by atoms with Crippen LogP contribution in [0.4, 0.5) is 4.79 Å². The first-order valence-electron chi connectivity index (χ1n) is 8.65. The summed E-state index contributed by atoms with van der Waals surface area (Å²) in [7, 11) is 0. The Morgan fingerprint density at radius 3 is 2.42 bits per heavy atom. The van der Waals surface area contributed by atoms with E-state index in [-0.39, 0.29) is 6.04 Å². The van der Waals surface area contributed by atoms with Gasteiger partial charge < -0.3 is 14.6 Å². The molecule has 1 amide bonds. The number of rotatable bonds is 4. The molecule has 1 aromatic carbocycles. The van der Waals surface area contributed by atoms with E-state index in [0.717, 1.165) is 11.6 Å². The Bertz CT molecular complexity index is 675. The lowest BCUT2D eigenvalue weighted by Gasteiger charge is -2.35. The van der Waals surface area contributed by atoms with Crippen molar-refractivity contribution in [3.05, 3.63) is 48.0 Å². The van der Waals surface area contributed by atoms with Gasteiger partial charge in [-0.25, -0.2) is 9.59 Å². The van der Waals surface area contributed by atoms with Gasteiger partial charge in [0.15, 0.2) is 0 Å². The highest BCUT2D eigenvalue weighted by atomic mass is 16.6. The quantitative estimate of drug-likeness (QED) is 0.829. The molecular weight excluding hydrogens is 334 g/mol. The predicted molar refractivity (Wildman–Crippen MR) is 97.7 cm³/mol. The highest BCUT2D eigenvalue weighted by molar-refractivity contribution is 5.80. The molecule has 2 unspecified atom stereocenters. The molecule has 0 saturated carbocycles. The van der Waals surface area contributed by atoms with Crippen LogP contribution in [0.2, 0.25) is 0 Å². The van der Waals surface area contributed by atoms with Gasteiger partial charge in [-0.05, 0) is 52.7 Å². The van der Waals surface area contributed by atoms with Crippen LogP contribution < -0.4 is 0 Å². The SMILES string of the molecule is CC(C)(C)OC(=O)N1C(Cc2ccccc2)C(/C=C/C(=O)O)OC1(C)C. The molecule has 6 nitrogen and oxygen atoms in total. The summed E-state index contributed by atoms with van der Waals surface area (Å²) in [6.45, 7) is 8.99. The van der Waals surface area contributed by atoms with Crippen molar-refractivity contribution < 1.29 is 24.2 Å². The van der Waals surface area contributed by atoms with Crippen LogP contribution in [-0.4, -0.2) is 45.5 Å². The third-order valence-electron chi connectivity index (χ3n) is 4.02. The molecular formula is C20H27NO5. The number of hydrogen-bond acceptors (Lipinski definition) is 4. The Kier molecular flexibility index (Phi) is 5.76. The van der Waals surface area contributed by atoms with Gasteiger partial charge >= 0.3 is 12.1 Å². The van der Waals surface area contributed by atoms with E-state index in [2.05, 4.69) is 0 Å². The molecule has 1 fully saturated rings. The smallest absolute Gasteiger partial charge is 0.412 e. The first-order chi connectivity index (χ1) is 12.0. The van der Waals surface area contributed by atoms with E-state index in [1.165, 1.54) is 6.08 Å². The van der Waals surface area contributed by atoms with Crippen LogP contribution in [0.15, 0.2) is 42.5 Å². The predicted octanol–water partition coefficient (Wildman–Crippen LogP) is 3.61. The van der Waals surface area contributed by atoms with Crippen LogP contribution in [0.25, 0.3) is 0 Å². The normalized spacial score (nSPS) is 22.6. The summed E-state index contributed by atoms with van der Waals surface area (Å²) in [4.78, 5) is 25.4. The van der Waals surface area contributed by atoms with Crippen molar-refractivity contribution in [2.45, 2.75) is 64.5 Å². The van der Waals surface area contributed by atoms with Gasteiger partial charge in [-0.15, -0.1) is 0 Å². The molecule has 1 aliphatic heterocycles. The number of carbonyl (C=O) groups is 2. The summed E-state index contributed by atoms with van der Waals surface area (Å²) in [5, 5.41) is 8.96. The van der Waals surface area contributed by atoms with Crippen molar-refractivity contribution in [2.24, 2.45) is 0 Å². The Balaban J connectivity index is 2.36. The zero-order chi connectivity index (χ0) is 19.5. The second-order valence-corrected chi connectivity index (χ2v) is 7.83. The minimum Gasteiger partial charge on any atom is -0.478 e. The van der Waals surface area contributed by atoms with E-state index >= 15 is 0 Å². The monoisotopic (exact) mass is 361 g/mol. The Morgan fingerprint density at radius 2 is 1.88 bits per heavy atom. The van der Waals surface area contributed by atoms with Crippen molar-refractivity contribution in [1.82, 2.24) is 4.90 Å². The maximum absolute atomic E-state index is 12.8. The number of carbonyl (C=O) groups excluding carboxylic acids is 1. The molecule has 6 heteroatoms. The number of benzene rings is 1. The fourth-order valence-electron chi connectivity index (χ4n) is 3.09. The number of hydrogen-bond donors (Lipinski definition) is 1. The zero-order valence-electron chi connectivity index (χ0n) is 15.9. The van der Waals surface area contributed by atoms with Gasteiger partial charge in [-0.3, -0.25) is 4.90 Å². The van der Waals surface area contributed by atoms with Crippen LogP contribution in [0.5, 0.6) is 0 Å². The zero-order valence-corrected chi connectivity index (χ0v) is 15.9. The van der Waals surface area contributed by atoms with Gasteiger partial charge in [0.05, 0.1) is 12.1 Å². The van der Waals surface area contributed by atoms with Gasteiger partial charge in [-0.2, -0.15) is 0 Å². The average Bonchev–Trinajstić information content (AvgIpc) is 2.74. The molecule has 2 atom stereocenters. The summed E-state index contributed by atoms with van der Waals surface area (Å²) in [5.74, 6) is -1.06. The van der Waals surface area contributed by atoms with Gasteiger partial charge in [0, 0.05) is 6.08 Å². The summed E-state index contributed by atoms with van der Waals surface area (Å²) >= 11 is 0. The van der Waals surface area contributed by atoms with Crippen LogP contribution >= 0.6 is 0 Å². The molecule has 0 bridgehead atoms. The summed E-state index contributed by atoms with van der Waals surface area (Å²) in [6, 6.07) is 9.34. The molecule has 26 heavy (non-hydrogen) atoms. The molecule has 1 heterocycles. The lowest BCUT2D eigenvalue weighted by atomic mass is 10.00. The van der Waals surface area contributed by atoms with Gasteiger partial charge in [-0.1, -0.05) is 30.3 Å². The highest BCUT2D eigenvalue weighted by Crippen LogP contribution is 2.36. The van der Waals surface area contributed by atoms with E-state index in [0.29, 0.717) is 6.42 Å². The van der Waals surface area contributed by atoms with E-state index in [9.17, 15) is 9.59 Å². The molecule has 0 spiro atoms. The highest BCUT2D eigenvalue weighted by Gasteiger charge is 2.50. The van der Waals surface area contributed by atoms with Gasteiger partial charge in [0.25, 0.3) is 0 Å². The fourth-order valence-corrected chi connectivity index (χ4v) is 3.09. The minimum atomic E-state index is -1.06. The van der Waals surface area contributed by atoms with Crippen LogP contribution in [0, 0.1) is 0 Å². The van der Waals surface area contributed by atoms with Crippen LogP contribution in [0.3, 0.4) is 0 Å². The molecule has 0 radical (unpaired) electrons. The molecule has 1 saturated heterocycles. The molecule has 1 N–H and O–H groups in total. The second-order valence-electron chi connectivity index (χ2n) is 7.83. The van der Waals surface area contributed by atoms with Crippen LogP contribution in [0.1, 0.15) is 40.2 Å². The number of ether oxygens (including phenoxy) is 2. The topological polar surface area (TPSA) is 76.1 Å². The third kappa shape index (κ3) is 5.08. The maximum Gasteiger partial charge on any atom is 0.412 e. The third-order valence-corrected chi connectivity index (χ3v) is 4.02.